The quantitative estimate of drug-likeness (QED) is 0.825. The van der Waals surface area contributed by atoms with E-state index in [2.05, 4.69) is 24.1 Å². The molecular formula is C18H24N2O2. The highest BCUT2D eigenvalue weighted by Crippen LogP contribution is 2.28. The van der Waals surface area contributed by atoms with E-state index >= 15 is 0 Å². The van der Waals surface area contributed by atoms with Crippen molar-refractivity contribution in [2.75, 3.05) is 13.2 Å². The van der Waals surface area contributed by atoms with Crippen molar-refractivity contribution in [2.45, 2.75) is 27.3 Å². The van der Waals surface area contributed by atoms with Crippen LogP contribution in [-0.2, 0) is 6.54 Å². The molecule has 0 aliphatic rings. The molecule has 2 rings (SSSR count). The maximum atomic E-state index is 12.2. The average Bonchev–Trinajstić information content (AvgIpc) is 2.52. The van der Waals surface area contributed by atoms with Gasteiger partial charge in [-0.3, -0.25) is 4.79 Å². The number of pyridine rings is 1. The third kappa shape index (κ3) is 4.21. The van der Waals surface area contributed by atoms with Gasteiger partial charge in [-0.25, -0.2) is 0 Å². The molecule has 1 heterocycles. The van der Waals surface area contributed by atoms with E-state index in [0.29, 0.717) is 19.1 Å². The van der Waals surface area contributed by atoms with Crippen LogP contribution in [0.15, 0.2) is 41.2 Å². The van der Waals surface area contributed by atoms with Crippen molar-refractivity contribution in [3.8, 4) is 17.0 Å². The minimum Gasteiger partial charge on any atom is -0.493 e. The molecule has 0 atom stereocenters. The summed E-state index contributed by atoms with van der Waals surface area (Å²) in [7, 11) is 0. The van der Waals surface area contributed by atoms with Crippen LogP contribution >= 0.6 is 0 Å². The predicted octanol–water partition coefficient (Wildman–Crippen LogP) is 3.19. The number of aromatic amines is 1. The van der Waals surface area contributed by atoms with Gasteiger partial charge in [0.25, 0.3) is 5.56 Å². The van der Waals surface area contributed by atoms with Gasteiger partial charge < -0.3 is 15.0 Å². The van der Waals surface area contributed by atoms with E-state index in [1.54, 1.807) is 0 Å². The molecule has 0 aliphatic carbocycles. The Morgan fingerprint density at radius 1 is 1.18 bits per heavy atom. The van der Waals surface area contributed by atoms with E-state index < -0.39 is 0 Å². The fraction of sp³-hybridized carbons (Fsp3) is 0.389. The number of nitrogens with one attached hydrogen (secondary N) is 2. The molecule has 0 saturated carbocycles. The van der Waals surface area contributed by atoms with Crippen molar-refractivity contribution < 1.29 is 4.74 Å². The molecule has 0 fully saturated rings. The van der Waals surface area contributed by atoms with E-state index in [0.717, 1.165) is 29.1 Å². The van der Waals surface area contributed by atoms with Crippen molar-refractivity contribution in [3.63, 3.8) is 0 Å². The Hall–Kier alpha value is -2.07. The van der Waals surface area contributed by atoms with Crippen LogP contribution in [-0.4, -0.2) is 18.1 Å². The standard InChI is InChI=1S/C18H24N2O2/c1-4-19-11-14-9-10-16(20-18(14)21)15-7-5-6-8-17(15)22-12-13(2)3/h5-10,13,19H,4,11-12H2,1-3H3,(H,20,21). The average molecular weight is 300 g/mol. The van der Waals surface area contributed by atoms with Gasteiger partial charge in [0.1, 0.15) is 5.75 Å². The molecule has 2 N–H and O–H groups in total. The van der Waals surface area contributed by atoms with Gasteiger partial charge in [-0.2, -0.15) is 0 Å². The number of hydrogen-bond acceptors (Lipinski definition) is 3. The smallest absolute Gasteiger partial charge is 0.252 e. The lowest BCUT2D eigenvalue weighted by Gasteiger charge is -2.13. The van der Waals surface area contributed by atoms with Gasteiger partial charge in [0.05, 0.1) is 12.3 Å². The van der Waals surface area contributed by atoms with Crippen LogP contribution in [0.3, 0.4) is 0 Å². The van der Waals surface area contributed by atoms with Gasteiger partial charge in [-0.05, 0) is 30.7 Å². The normalized spacial score (nSPS) is 10.9. The first kappa shape index (κ1) is 16.3. The van der Waals surface area contributed by atoms with Crippen molar-refractivity contribution >= 4 is 0 Å². The lowest BCUT2D eigenvalue weighted by molar-refractivity contribution is 0.272. The predicted molar refractivity (Wildman–Crippen MR) is 90.2 cm³/mol. The largest absolute Gasteiger partial charge is 0.493 e. The number of para-hydroxylation sites is 1. The van der Waals surface area contributed by atoms with Crippen molar-refractivity contribution in [1.82, 2.24) is 10.3 Å². The summed E-state index contributed by atoms with van der Waals surface area (Å²) >= 11 is 0. The molecule has 0 unspecified atom stereocenters. The maximum absolute atomic E-state index is 12.2. The van der Waals surface area contributed by atoms with Gasteiger partial charge in [-0.15, -0.1) is 0 Å². The molecule has 0 amide bonds. The molecule has 0 radical (unpaired) electrons. The summed E-state index contributed by atoms with van der Waals surface area (Å²) in [5.74, 6) is 1.25. The minimum absolute atomic E-state index is 0.0582. The Morgan fingerprint density at radius 2 is 1.95 bits per heavy atom. The fourth-order valence-corrected chi connectivity index (χ4v) is 2.13. The molecule has 0 bridgehead atoms. The fourth-order valence-electron chi connectivity index (χ4n) is 2.13. The van der Waals surface area contributed by atoms with E-state index in [1.807, 2.05) is 43.3 Å². The zero-order valence-electron chi connectivity index (χ0n) is 13.5. The Kier molecular flexibility index (Phi) is 5.78. The molecule has 4 heteroatoms. The van der Waals surface area contributed by atoms with Crippen molar-refractivity contribution in [1.29, 1.82) is 0 Å². The Morgan fingerprint density at radius 3 is 2.64 bits per heavy atom. The molecule has 118 valence electrons. The van der Waals surface area contributed by atoms with Gasteiger partial charge >= 0.3 is 0 Å². The summed E-state index contributed by atoms with van der Waals surface area (Å²) in [4.78, 5) is 15.1. The summed E-state index contributed by atoms with van der Waals surface area (Å²) in [6.45, 7) is 8.31. The first-order valence-corrected chi connectivity index (χ1v) is 7.77. The van der Waals surface area contributed by atoms with Gasteiger partial charge in [0, 0.05) is 17.7 Å². The number of aromatic nitrogens is 1. The second-order valence-electron chi connectivity index (χ2n) is 5.71. The van der Waals surface area contributed by atoms with Crippen LogP contribution in [0.2, 0.25) is 0 Å². The third-order valence-electron chi connectivity index (χ3n) is 3.31. The zero-order valence-corrected chi connectivity index (χ0v) is 13.5. The van der Waals surface area contributed by atoms with Crippen molar-refractivity contribution in [3.05, 3.63) is 52.3 Å². The SMILES string of the molecule is CCNCc1ccc(-c2ccccc2OCC(C)C)[nH]c1=O. The highest BCUT2D eigenvalue weighted by Gasteiger charge is 2.09. The van der Waals surface area contributed by atoms with Crippen LogP contribution in [0.1, 0.15) is 26.3 Å². The topological polar surface area (TPSA) is 54.1 Å². The molecular weight excluding hydrogens is 276 g/mol. The molecule has 1 aromatic heterocycles. The molecule has 0 spiro atoms. The van der Waals surface area contributed by atoms with Crippen LogP contribution in [0.25, 0.3) is 11.3 Å². The Balaban J connectivity index is 2.28. The highest BCUT2D eigenvalue weighted by molar-refractivity contribution is 5.67. The van der Waals surface area contributed by atoms with E-state index in [4.69, 9.17) is 4.74 Å². The zero-order chi connectivity index (χ0) is 15.9. The van der Waals surface area contributed by atoms with E-state index in [-0.39, 0.29) is 5.56 Å². The van der Waals surface area contributed by atoms with Crippen LogP contribution in [0.5, 0.6) is 5.75 Å². The summed E-state index contributed by atoms with van der Waals surface area (Å²) in [6, 6.07) is 11.6. The monoisotopic (exact) mass is 300 g/mol. The third-order valence-corrected chi connectivity index (χ3v) is 3.31. The molecule has 0 aliphatic heterocycles. The first-order chi connectivity index (χ1) is 10.6. The van der Waals surface area contributed by atoms with Crippen LogP contribution in [0, 0.1) is 5.92 Å². The Bertz CT molecular complexity index is 662. The number of H-pyrrole nitrogens is 1. The summed E-state index contributed by atoms with van der Waals surface area (Å²) in [6.07, 6.45) is 0. The van der Waals surface area contributed by atoms with Gasteiger partial charge in [0.2, 0.25) is 0 Å². The minimum atomic E-state index is -0.0582. The number of ether oxygens (including phenoxy) is 1. The molecule has 4 nitrogen and oxygen atoms in total. The molecule has 22 heavy (non-hydrogen) atoms. The van der Waals surface area contributed by atoms with E-state index in [9.17, 15) is 4.79 Å². The second-order valence-corrected chi connectivity index (χ2v) is 5.71. The summed E-state index contributed by atoms with van der Waals surface area (Å²) < 4.78 is 5.85. The first-order valence-electron chi connectivity index (χ1n) is 7.77. The lowest BCUT2D eigenvalue weighted by Crippen LogP contribution is -2.20. The number of rotatable bonds is 7. The number of hydrogen-bond donors (Lipinski definition) is 2. The maximum Gasteiger partial charge on any atom is 0.252 e. The number of benzene rings is 1. The van der Waals surface area contributed by atoms with Gasteiger partial charge in [0.15, 0.2) is 0 Å². The second kappa shape index (κ2) is 7.80. The Labute approximate surface area is 131 Å². The highest BCUT2D eigenvalue weighted by atomic mass is 16.5. The summed E-state index contributed by atoms with van der Waals surface area (Å²) in [5, 5.41) is 3.16. The lowest BCUT2D eigenvalue weighted by atomic mass is 10.1. The summed E-state index contributed by atoms with van der Waals surface area (Å²) in [5.41, 5.74) is 2.38. The van der Waals surface area contributed by atoms with Crippen molar-refractivity contribution in [2.24, 2.45) is 5.92 Å². The van der Waals surface area contributed by atoms with Crippen LogP contribution < -0.4 is 15.6 Å². The molecule has 2 aromatic rings. The van der Waals surface area contributed by atoms with Gasteiger partial charge in [-0.1, -0.05) is 39.0 Å². The molecule has 1 aromatic carbocycles. The van der Waals surface area contributed by atoms with E-state index in [1.165, 1.54) is 0 Å². The molecule has 0 saturated heterocycles. The van der Waals surface area contributed by atoms with Crippen LogP contribution in [0.4, 0.5) is 0 Å².